The summed E-state index contributed by atoms with van der Waals surface area (Å²) in [6.07, 6.45) is 0.0125. The van der Waals surface area contributed by atoms with Crippen molar-refractivity contribution in [2.24, 2.45) is 5.92 Å². The molecule has 0 amide bonds. The van der Waals surface area contributed by atoms with Crippen molar-refractivity contribution >= 4 is 42.5 Å². The van der Waals surface area contributed by atoms with Gasteiger partial charge in [0.25, 0.3) is 5.56 Å². The topological polar surface area (TPSA) is 170 Å². The molecule has 15 heteroatoms. The normalized spacial score (nSPS) is 13.1. The molecule has 3 rings (SSSR count). The molecule has 0 saturated carbocycles. The van der Waals surface area contributed by atoms with Crippen LogP contribution in [0.15, 0.2) is 35.4 Å². The van der Waals surface area contributed by atoms with Gasteiger partial charge in [-0.2, -0.15) is 4.98 Å². The summed E-state index contributed by atoms with van der Waals surface area (Å²) in [6, 6.07) is 6.80. The van der Waals surface area contributed by atoms with Crippen LogP contribution in [0.3, 0.4) is 0 Å². The molecular formula is C21H27ClN5O8P. The zero-order chi connectivity index (χ0) is 26.1. The number of aromatic nitrogens is 4. The van der Waals surface area contributed by atoms with Crippen molar-refractivity contribution in [3.05, 3.63) is 51.5 Å². The second-order valence-electron chi connectivity index (χ2n) is 7.96. The lowest BCUT2D eigenvalue weighted by Gasteiger charge is -2.19. The van der Waals surface area contributed by atoms with Gasteiger partial charge in [-0.05, 0) is 23.6 Å². The van der Waals surface area contributed by atoms with Crippen LogP contribution in [-0.4, -0.2) is 52.0 Å². The van der Waals surface area contributed by atoms with Crippen LogP contribution in [0.4, 0.5) is 10.7 Å². The Morgan fingerprint density at radius 2 is 2.08 bits per heavy atom. The minimum absolute atomic E-state index is 0.0466. The van der Waals surface area contributed by atoms with Gasteiger partial charge in [0.1, 0.15) is 6.35 Å². The molecule has 0 aliphatic heterocycles. The average molecular weight is 544 g/mol. The van der Waals surface area contributed by atoms with Crippen molar-refractivity contribution < 1.29 is 32.6 Å². The highest BCUT2D eigenvalue weighted by atomic mass is 35.5. The molecule has 1 aromatic carbocycles. The number of hydrogen-bond acceptors (Lipinski definition) is 11. The van der Waals surface area contributed by atoms with Crippen LogP contribution in [0.2, 0.25) is 5.02 Å². The van der Waals surface area contributed by atoms with Gasteiger partial charge in [0, 0.05) is 11.6 Å². The van der Waals surface area contributed by atoms with E-state index in [1.54, 1.807) is 28.8 Å². The van der Waals surface area contributed by atoms with Gasteiger partial charge < -0.3 is 29.0 Å². The SMILES string of the molecule is CC(C)COC(=O)OCOP(=O)(COCCn1cnc2c(=O)[nH]c(N)nc21)OCc1cccc(Cl)c1. The number of nitrogen functional groups attached to an aromatic ring is 1. The fourth-order valence-electron chi connectivity index (χ4n) is 2.82. The van der Waals surface area contributed by atoms with E-state index in [1.165, 1.54) is 6.33 Å². The summed E-state index contributed by atoms with van der Waals surface area (Å²) in [5.74, 6) is 0.0750. The van der Waals surface area contributed by atoms with Crippen LogP contribution < -0.4 is 11.3 Å². The number of benzene rings is 1. The number of nitrogens with one attached hydrogen (secondary N) is 1. The first-order chi connectivity index (χ1) is 17.1. The summed E-state index contributed by atoms with van der Waals surface area (Å²) in [7, 11) is -3.88. The molecule has 13 nitrogen and oxygen atoms in total. The first-order valence-corrected chi connectivity index (χ1v) is 13.0. The summed E-state index contributed by atoms with van der Waals surface area (Å²) in [5, 5.41) is 0.486. The highest BCUT2D eigenvalue weighted by molar-refractivity contribution is 7.53. The summed E-state index contributed by atoms with van der Waals surface area (Å²) in [6.45, 7) is 3.43. The van der Waals surface area contributed by atoms with Gasteiger partial charge in [0.2, 0.25) is 12.7 Å². The smallest absolute Gasteiger partial charge is 0.434 e. The van der Waals surface area contributed by atoms with Gasteiger partial charge in [-0.25, -0.2) is 9.78 Å². The Morgan fingerprint density at radius 3 is 2.83 bits per heavy atom. The lowest BCUT2D eigenvalue weighted by atomic mass is 10.2. The highest BCUT2D eigenvalue weighted by Crippen LogP contribution is 2.49. The van der Waals surface area contributed by atoms with Gasteiger partial charge in [-0.15, -0.1) is 0 Å². The Kier molecular flexibility index (Phi) is 9.85. The standard InChI is InChI=1S/C21H27ClN5O8P/c1-14(2)9-32-21(29)33-12-35-36(30,34-10-15-4-3-5-16(22)8-15)13-31-7-6-27-11-24-17-18(27)25-20(23)26-19(17)28/h3-5,8,11,14H,6-7,9-10,12-13H2,1-2H3,(H3,23,25,26,28). The molecule has 3 aromatic rings. The van der Waals surface area contributed by atoms with E-state index >= 15 is 0 Å². The van der Waals surface area contributed by atoms with Crippen molar-refractivity contribution in [2.75, 3.05) is 32.1 Å². The summed E-state index contributed by atoms with van der Waals surface area (Å²) in [5.41, 5.74) is 6.20. The summed E-state index contributed by atoms with van der Waals surface area (Å²) < 4.78 is 40.8. The second kappa shape index (κ2) is 12.8. The summed E-state index contributed by atoms with van der Waals surface area (Å²) >= 11 is 5.98. The van der Waals surface area contributed by atoms with Crippen LogP contribution in [0, 0.1) is 5.92 Å². The number of carbonyl (C=O) groups excluding carboxylic acids is 1. The zero-order valence-electron chi connectivity index (χ0n) is 19.7. The maximum Gasteiger partial charge on any atom is 0.510 e. The third-order valence-electron chi connectivity index (χ3n) is 4.50. The van der Waals surface area contributed by atoms with E-state index in [4.69, 9.17) is 40.6 Å². The van der Waals surface area contributed by atoms with Gasteiger partial charge >= 0.3 is 13.8 Å². The molecule has 0 fully saturated rings. The van der Waals surface area contributed by atoms with E-state index < -0.39 is 32.5 Å². The van der Waals surface area contributed by atoms with Crippen LogP contribution in [-0.2, 0) is 41.0 Å². The van der Waals surface area contributed by atoms with E-state index in [1.807, 2.05) is 13.8 Å². The Balaban J connectivity index is 1.57. The number of nitrogens with two attached hydrogens (primary N) is 1. The number of anilines is 1. The predicted octanol–water partition coefficient (Wildman–Crippen LogP) is 3.52. The van der Waals surface area contributed by atoms with Crippen LogP contribution >= 0.6 is 19.2 Å². The number of ether oxygens (including phenoxy) is 3. The fraction of sp³-hybridized carbons (Fsp3) is 0.429. The lowest BCUT2D eigenvalue weighted by molar-refractivity contribution is -0.00922. The molecule has 0 radical (unpaired) electrons. The average Bonchev–Trinajstić information content (AvgIpc) is 3.22. The van der Waals surface area contributed by atoms with Crippen molar-refractivity contribution in [1.82, 2.24) is 19.5 Å². The maximum absolute atomic E-state index is 13.3. The molecule has 0 aliphatic carbocycles. The monoisotopic (exact) mass is 543 g/mol. The Hall–Kier alpha value is -2.96. The number of carbonyl (C=O) groups is 1. The van der Waals surface area contributed by atoms with E-state index in [0.29, 0.717) is 10.6 Å². The number of fused-ring (bicyclic) bond motifs is 1. The van der Waals surface area contributed by atoms with E-state index in [0.717, 1.165) is 0 Å². The first-order valence-electron chi connectivity index (χ1n) is 10.9. The number of rotatable bonds is 13. The van der Waals surface area contributed by atoms with E-state index in [2.05, 4.69) is 15.0 Å². The Bertz CT molecular complexity index is 1280. The van der Waals surface area contributed by atoms with Crippen molar-refractivity contribution in [2.45, 2.75) is 27.0 Å². The third kappa shape index (κ3) is 8.32. The van der Waals surface area contributed by atoms with Gasteiger partial charge in [-0.1, -0.05) is 37.6 Å². The Labute approximate surface area is 211 Å². The minimum atomic E-state index is -3.88. The summed E-state index contributed by atoms with van der Waals surface area (Å²) in [4.78, 5) is 34.0. The zero-order valence-corrected chi connectivity index (χ0v) is 21.4. The molecule has 0 spiro atoms. The number of aromatic amines is 1. The Morgan fingerprint density at radius 1 is 1.28 bits per heavy atom. The van der Waals surface area contributed by atoms with Crippen LogP contribution in [0.5, 0.6) is 0 Å². The van der Waals surface area contributed by atoms with Gasteiger partial charge in [0.15, 0.2) is 11.2 Å². The number of H-pyrrole nitrogens is 1. The van der Waals surface area contributed by atoms with E-state index in [9.17, 15) is 14.2 Å². The molecule has 0 saturated heterocycles. The van der Waals surface area contributed by atoms with Gasteiger partial charge in [0.05, 0.1) is 26.1 Å². The molecule has 0 aliphatic rings. The third-order valence-corrected chi connectivity index (χ3v) is 6.25. The fourth-order valence-corrected chi connectivity index (χ4v) is 4.16. The molecule has 2 heterocycles. The number of hydrogen-bond donors (Lipinski definition) is 2. The van der Waals surface area contributed by atoms with Crippen molar-refractivity contribution in [3.63, 3.8) is 0 Å². The molecule has 196 valence electrons. The van der Waals surface area contributed by atoms with Gasteiger partial charge in [-0.3, -0.25) is 18.9 Å². The van der Waals surface area contributed by atoms with E-state index in [-0.39, 0.29) is 49.4 Å². The van der Waals surface area contributed by atoms with Crippen LogP contribution in [0.1, 0.15) is 19.4 Å². The molecule has 3 N–H and O–H groups in total. The maximum atomic E-state index is 13.3. The molecule has 36 heavy (non-hydrogen) atoms. The molecule has 0 bridgehead atoms. The molecular weight excluding hydrogens is 517 g/mol. The predicted molar refractivity (Wildman–Crippen MR) is 130 cm³/mol. The molecule has 1 unspecified atom stereocenters. The quantitative estimate of drug-likeness (QED) is 0.140. The molecule has 1 atom stereocenters. The number of halogens is 1. The minimum Gasteiger partial charge on any atom is -0.434 e. The molecule has 2 aromatic heterocycles. The first kappa shape index (κ1) is 27.6. The van der Waals surface area contributed by atoms with Crippen molar-refractivity contribution in [3.8, 4) is 0 Å². The van der Waals surface area contributed by atoms with Crippen molar-refractivity contribution in [1.29, 1.82) is 0 Å². The highest BCUT2D eigenvalue weighted by Gasteiger charge is 2.27. The largest absolute Gasteiger partial charge is 0.510 e. The number of imidazole rings is 1. The number of nitrogens with zero attached hydrogens (tertiary/aromatic N) is 3. The lowest BCUT2D eigenvalue weighted by Crippen LogP contribution is -2.15. The second-order valence-corrected chi connectivity index (χ2v) is 10.4. The van der Waals surface area contributed by atoms with Crippen LogP contribution in [0.25, 0.3) is 11.2 Å².